The summed E-state index contributed by atoms with van der Waals surface area (Å²) < 4.78 is 5.55. The van der Waals surface area contributed by atoms with Gasteiger partial charge >= 0.3 is 6.09 Å². The van der Waals surface area contributed by atoms with Crippen LogP contribution in [0.25, 0.3) is 6.08 Å². The zero-order valence-electron chi connectivity index (χ0n) is 18.5. The molecule has 1 saturated heterocycles. The van der Waals surface area contributed by atoms with Crippen molar-refractivity contribution in [3.05, 3.63) is 76.4 Å². The summed E-state index contributed by atoms with van der Waals surface area (Å²) in [6.07, 6.45) is 1.76. The van der Waals surface area contributed by atoms with Crippen molar-refractivity contribution in [2.45, 2.75) is 32.8 Å². The largest absolute Gasteiger partial charge is 0.444 e. The second kappa shape index (κ2) is 9.49. The number of hydrogen-bond acceptors (Lipinski definition) is 5. The summed E-state index contributed by atoms with van der Waals surface area (Å²) >= 11 is 0. The molecule has 0 N–H and O–H groups in total. The van der Waals surface area contributed by atoms with Crippen molar-refractivity contribution < 1.29 is 14.3 Å². The van der Waals surface area contributed by atoms with Crippen LogP contribution in [0.15, 0.2) is 54.1 Å². The summed E-state index contributed by atoms with van der Waals surface area (Å²) in [5.41, 5.74) is 2.68. The Morgan fingerprint density at radius 1 is 1.06 bits per heavy atom. The van der Waals surface area contributed by atoms with E-state index in [1.165, 1.54) is 0 Å². The molecule has 1 atom stereocenters. The van der Waals surface area contributed by atoms with Gasteiger partial charge < -0.3 is 9.64 Å². The van der Waals surface area contributed by atoms with Crippen molar-refractivity contribution in [2.24, 2.45) is 5.92 Å². The van der Waals surface area contributed by atoms with Crippen LogP contribution >= 0.6 is 0 Å². The van der Waals surface area contributed by atoms with Crippen molar-refractivity contribution in [1.82, 2.24) is 4.90 Å². The van der Waals surface area contributed by atoms with Gasteiger partial charge in [0.1, 0.15) is 5.60 Å². The molecule has 1 aliphatic heterocycles. The van der Waals surface area contributed by atoms with Crippen molar-refractivity contribution >= 4 is 18.0 Å². The molecule has 162 valence electrons. The van der Waals surface area contributed by atoms with E-state index in [0.717, 1.165) is 11.1 Å². The number of likely N-dealkylation sites (tertiary alicyclic amines) is 1. The fraction of sp³-hybridized carbons (Fsp3) is 0.308. The maximum atomic E-state index is 13.3. The molecule has 2 aromatic carbocycles. The van der Waals surface area contributed by atoms with Crippen molar-refractivity contribution in [1.29, 1.82) is 10.5 Å². The first kappa shape index (κ1) is 22.8. The molecular weight excluding hydrogens is 402 g/mol. The van der Waals surface area contributed by atoms with Crippen LogP contribution in [0.2, 0.25) is 0 Å². The minimum Gasteiger partial charge on any atom is -0.444 e. The first-order valence-corrected chi connectivity index (χ1v) is 10.4. The lowest BCUT2D eigenvalue weighted by molar-refractivity contribution is -0.121. The molecule has 1 amide bonds. The predicted molar refractivity (Wildman–Crippen MR) is 120 cm³/mol. The maximum absolute atomic E-state index is 13.3. The first-order valence-electron chi connectivity index (χ1n) is 10.4. The zero-order chi connectivity index (χ0) is 23.3. The highest BCUT2D eigenvalue weighted by molar-refractivity contribution is 6.03. The minimum absolute atomic E-state index is 0.0153. The molecule has 0 bridgehead atoms. The number of amides is 1. The monoisotopic (exact) mass is 427 g/mol. The van der Waals surface area contributed by atoms with Gasteiger partial charge in [0.25, 0.3) is 0 Å². The second-order valence-corrected chi connectivity index (χ2v) is 8.84. The summed E-state index contributed by atoms with van der Waals surface area (Å²) in [6.45, 7) is 5.85. The average Bonchev–Trinajstić information content (AvgIpc) is 2.76. The number of rotatable bonds is 3. The molecule has 0 aromatic heterocycles. The van der Waals surface area contributed by atoms with Gasteiger partial charge in [0.2, 0.25) is 0 Å². The van der Waals surface area contributed by atoms with Crippen LogP contribution in [-0.4, -0.2) is 35.5 Å². The molecule has 3 rings (SSSR count). The van der Waals surface area contributed by atoms with Crippen molar-refractivity contribution in [3.8, 4) is 12.1 Å². The van der Waals surface area contributed by atoms with Crippen LogP contribution in [0.1, 0.15) is 43.0 Å². The molecule has 1 fully saturated rings. The highest BCUT2D eigenvalue weighted by atomic mass is 16.6. The summed E-state index contributed by atoms with van der Waals surface area (Å²) in [5, 5.41) is 18.0. The Morgan fingerprint density at radius 2 is 1.62 bits per heavy atom. The molecule has 0 aliphatic carbocycles. The summed E-state index contributed by atoms with van der Waals surface area (Å²) in [5.74, 6) is -0.438. The van der Waals surface area contributed by atoms with Gasteiger partial charge in [0, 0.05) is 18.0 Å². The highest BCUT2D eigenvalue weighted by Crippen LogP contribution is 2.25. The van der Waals surface area contributed by atoms with Crippen LogP contribution in [0.3, 0.4) is 0 Å². The fourth-order valence-electron chi connectivity index (χ4n) is 3.55. The third-order valence-corrected chi connectivity index (χ3v) is 5.09. The quantitative estimate of drug-likeness (QED) is 0.673. The molecule has 6 heteroatoms. The van der Waals surface area contributed by atoms with Gasteiger partial charge in [-0.3, -0.25) is 4.79 Å². The van der Waals surface area contributed by atoms with E-state index in [1.54, 1.807) is 47.4 Å². The summed E-state index contributed by atoms with van der Waals surface area (Å²) in [7, 11) is 0. The second-order valence-electron chi connectivity index (χ2n) is 8.84. The molecule has 32 heavy (non-hydrogen) atoms. The maximum Gasteiger partial charge on any atom is 0.410 e. The van der Waals surface area contributed by atoms with E-state index in [4.69, 9.17) is 15.3 Å². The molecule has 0 spiro atoms. The Kier molecular flexibility index (Phi) is 6.76. The number of piperidine rings is 1. The minimum atomic E-state index is -0.641. The number of Topliss-reactive ketones (excluding diaryl/α,β-unsaturated/α-hetero) is 1. The normalized spacial score (nSPS) is 17.5. The molecule has 1 heterocycles. The number of carbonyl (C=O) groups is 2. The molecular formula is C26H25N3O3. The smallest absolute Gasteiger partial charge is 0.410 e. The number of ketones is 1. The third kappa shape index (κ3) is 5.83. The zero-order valence-corrected chi connectivity index (χ0v) is 18.5. The topological polar surface area (TPSA) is 94.2 Å². The van der Waals surface area contributed by atoms with E-state index in [1.807, 2.05) is 32.9 Å². The highest BCUT2D eigenvalue weighted by Gasteiger charge is 2.35. The van der Waals surface area contributed by atoms with Gasteiger partial charge in [-0.15, -0.1) is 0 Å². The number of hydrogen-bond donors (Lipinski definition) is 0. The van der Waals surface area contributed by atoms with E-state index in [-0.39, 0.29) is 18.9 Å². The van der Waals surface area contributed by atoms with Crippen LogP contribution in [0, 0.1) is 28.6 Å². The van der Waals surface area contributed by atoms with Crippen LogP contribution in [0.5, 0.6) is 0 Å². The van der Waals surface area contributed by atoms with Crippen molar-refractivity contribution in [2.75, 3.05) is 13.1 Å². The Hall–Kier alpha value is -3.90. The molecule has 0 saturated carbocycles. The first-order chi connectivity index (χ1) is 15.2. The summed E-state index contributed by atoms with van der Waals surface area (Å²) in [4.78, 5) is 27.6. The average molecular weight is 428 g/mol. The van der Waals surface area contributed by atoms with E-state index < -0.39 is 17.6 Å². The van der Waals surface area contributed by atoms with Crippen LogP contribution in [-0.2, 0) is 16.0 Å². The Morgan fingerprint density at radius 3 is 2.16 bits per heavy atom. The van der Waals surface area contributed by atoms with Crippen LogP contribution < -0.4 is 0 Å². The Balaban J connectivity index is 1.89. The number of nitrogens with zero attached hydrogens (tertiary/aromatic N) is 3. The van der Waals surface area contributed by atoms with Gasteiger partial charge in [-0.05, 0) is 68.7 Å². The van der Waals surface area contributed by atoms with Crippen LogP contribution in [0.4, 0.5) is 4.79 Å². The molecule has 6 nitrogen and oxygen atoms in total. The van der Waals surface area contributed by atoms with Gasteiger partial charge in [-0.1, -0.05) is 24.3 Å². The summed E-state index contributed by atoms with van der Waals surface area (Å²) in [6, 6.07) is 18.2. The lowest BCUT2D eigenvalue weighted by atomic mass is 9.86. The molecule has 0 radical (unpaired) electrons. The van der Waals surface area contributed by atoms with Crippen molar-refractivity contribution in [3.63, 3.8) is 0 Å². The van der Waals surface area contributed by atoms with E-state index >= 15 is 0 Å². The lowest BCUT2D eigenvalue weighted by Crippen LogP contribution is -2.47. The standard InChI is InChI=1S/C26H25N3O3/c1-26(2,3)32-25(31)29-16-22(12-18-4-8-20(14-27)9-5-18)24(30)23(17-29)13-19-6-10-21(15-28)11-7-19/h4-12,23H,13,16-17H2,1-3H3/b22-12+. The number of ether oxygens (including phenoxy) is 1. The molecule has 1 unspecified atom stereocenters. The molecule has 2 aromatic rings. The van der Waals surface area contributed by atoms with E-state index in [9.17, 15) is 9.59 Å². The number of carbonyl (C=O) groups excluding carboxylic acids is 2. The predicted octanol–water partition coefficient (Wildman–Crippen LogP) is 4.49. The third-order valence-electron chi connectivity index (χ3n) is 5.09. The van der Waals surface area contributed by atoms with Gasteiger partial charge in [0.15, 0.2) is 5.78 Å². The number of nitriles is 2. The Bertz CT molecular complexity index is 1110. The van der Waals surface area contributed by atoms with E-state index in [2.05, 4.69) is 12.1 Å². The Labute approximate surface area is 188 Å². The van der Waals surface area contributed by atoms with E-state index in [0.29, 0.717) is 23.1 Å². The lowest BCUT2D eigenvalue weighted by Gasteiger charge is -2.34. The van der Waals surface area contributed by atoms with Gasteiger partial charge in [-0.25, -0.2) is 4.79 Å². The molecule has 1 aliphatic rings. The number of benzene rings is 2. The van der Waals surface area contributed by atoms with Gasteiger partial charge in [0.05, 0.1) is 29.8 Å². The SMILES string of the molecule is CC(C)(C)OC(=O)N1C/C(=C\c2ccc(C#N)cc2)C(=O)C(Cc2ccc(C#N)cc2)C1. The fourth-order valence-corrected chi connectivity index (χ4v) is 3.55. The van der Waals surface area contributed by atoms with Gasteiger partial charge in [-0.2, -0.15) is 10.5 Å².